The molecule has 0 spiro atoms. The number of para-hydroxylation sites is 3. The van der Waals surface area contributed by atoms with E-state index in [9.17, 15) is 39.4 Å². The number of non-ortho nitro benzene ring substituents is 2. The first kappa shape index (κ1) is 50.8. The molecule has 410 valence electrons. The van der Waals surface area contributed by atoms with Crippen molar-refractivity contribution in [3.8, 4) is 0 Å². The Morgan fingerprint density at radius 1 is 0.360 bits per heavy atom. The Balaban J connectivity index is 0.000000140. The second kappa shape index (κ2) is 18.8. The molecule has 0 bridgehead atoms. The van der Waals surface area contributed by atoms with E-state index >= 15 is 0 Å². The predicted molar refractivity (Wildman–Crippen MR) is 345 cm³/mol. The molecule has 0 amide bonds. The van der Waals surface area contributed by atoms with Crippen molar-refractivity contribution in [2.75, 3.05) is 9.80 Å². The Bertz CT molecular complexity index is 5830. The van der Waals surface area contributed by atoms with Crippen molar-refractivity contribution in [2.45, 2.75) is 33.4 Å². The minimum Gasteiger partial charge on any atom is -0.308 e. The Morgan fingerprint density at radius 2 is 0.907 bits per heavy atom. The van der Waals surface area contributed by atoms with Crippen LogP contribution in [0.2, 0.25) is 0 Å². The van der Waals surface area contributed by atoms with Crippen LogP contribution in [0.3, 0.4) is 0 Å². The van der Waals surface area contributed by atoms with Gasteiger partial charge < -0.3 is 18.6 Å². The summed E-state index contributed by atoms with van der Waals surface area (Å²) < 4.78 is 3.78. The molecule has 0 fully saturated rings. The molecule has 0 atom stereocenters. The molecule has 0 aliphatic carbocycles. The highest BCUT2D eigenvalue weighted by molar-refractivity contribution is 8.00. The highest BCUT2D eigenvalue weighted by Crippen LogP contribution is 2.55. The van der Waals surface area contributed by atoms with Crippen molar-refractivity contribution in [3.05, 3.63) is 279 Å². The maximum atomic E-state index is 14.3. The molecule has 2 aliphatic heterocycles. The van der Waals surface area contributed by atoms with Crippen LogP contribution in [0.1, 0.15) is 11.1 Å². The van der Waals surface area contributed by atoms with E-state index in [1.54, 1.807) is 78.1 Å². The van der Waals surface area contributed by atoms with Gasteiger partial charge >= 0.3 is 0 Å². The number of benzene rings is 11. The van der Waals surface area contributed by atoms with Crippen LogP contribution in [0, 0.1) is 34.1 Å². The lowest BCUT2D eigenvalue weighted by Gasteiger charge is -2.34. The zero-order chi connectivity index (χ0) is 58.5. The van der Waals surface area contributed by atoms with Gasteiger partial charge in [-0.15, -0.1) is 0 Å². The van der Waals surface area contributed by atoms with Crippen molar-refractivity contribution >= 4 is 156 Å². The average molecular weight is 1160 g/mol. The molecule has 2 aliphatic rings. The minimum absolute atomic E-state index is 0.0234. The Hall–Kier alpha value is -10.9. The third-order valence-electron chi connectivity index (χ3n) is 16.7. The SMILES string of the molecule is Cc1ccc(N2c3ccccc3Sc3cc4c(=O)c5cccc6c(=O)c7c([N+](=O)[O-])cccc7n(c4cc32)c56)cc1.Cc1ccc2c(c1)N(c1ccc3ccccc3c1)c1cc3c(=O)c4cccc5c(=O)c6cc([N+](=O)[O-])ccc6n(c3cc1S2)c54. The van der Waals surface area contributed by atoms with Crippen LogP contribution < -0.4 is 31.5 Å². The fourth-order valence-corrected chi connectivity index (χ4v) is 14.9. The standard InChI is InChI=1S/C37H21N3O4S.C33H19N3O4S/c1-20-9-14-33-31(15-20)38(23-11-10-21-5-2-3-6-22(21)16-23)32-18-28-30(19-34(32)45-33)39-29-13-12-24(40(43)44)17-27(29)36(41)25-7-4-8-26(35(25)39)37(28)42;1-18-12-14-19(15-13-18)34-23-8-2-3-11-28(23)41-29-16-22-26(17-27(29)34)35-24-9-5-10-25(36(39)40)30(24)33(38)21-7-4-6-20(31(21)35)32(22)37/h2-19H,1H3;2-17H,1H3. The van der Waals surface area contributed by atoms with Crippen LogP contribution in [-0.4, -0.2) is 18.6 Å². The highest BCUT2D eigenvalue weighted by atomic mass is 32.2. The van der Waals surface area contributed by atoms with E-state index in [0.717, 1.165) is 75.6 Å². The minimum atomic E-state index is -0.527. The van der Waals surface area contributed by atoms with Crippen LogP contribution >= 0.6 is 23.5 Å². The Labute approximate surface area is 493 Å². The van der Waals surface area contributed by atoms with E-state index in [0.29, 0.717) is 60.0 Å². The lowest BCUT2D eigenvalue weighted by molar-refractivity contribution is -0.384. The molecule has 0 saturated carbocycles. The number of nitro benzene ring substituents is 2. The first-order valence-corrected chi connectivity index (χ1v) is 29.1. The summed E-state index contributed by atoms with van der Waals surface area (Å²) in [5.74, 6) is 0. The monoisotopic (exact) mass is 1160 g/mol. The largest absolute Gasteiger partial charge is 0.308 e. The van der Waals surface area contributed by atoms with Gasteiger partial charge in [0, 0.05) is 81.5 Å². The molecule has 4 aromatic heterocycles. The number of fused-ring (bicyclic) bond motifs is 13. The fraction of sp³-hybridized carbons (Fsp3) is 0.0286. The van der Waals surface area contributed by atoms with Gasteiger partial charge in [0.25, 0.3) is 11.4 Å². The quantitative estimate of drug-likeness (QED) is 0.0708. The number of anilines is 6. The number of hydrogen-bond donors (Lipinski definition) is 0. The topological polar surface area (TPSA) is 170 Å². The summed E-state index contributed by atoms with van der Waals surface area (Å²) in [5, 5.41) is 28.6. The van der Waals surface area contributed by atoms with E-state index in [-0.39, 0.29) is 43.8 Å². The lowest BCUT2D eigenvalue weighted by atomic mass is 10.0. The molecule has 14 nitrogen and oxygen atoms in total. The molecule has 6 heterocycles. The zero-order valence-corrected chi connectivity index (χ0v) is 47.0. The second-order valence-electron chi connectivity index (χ2n) is 21.6. The van der Waals surface area contributed by atoms with Crippen LogP contribution in [-0.2, 0) is 0 Å². The van der Waals surface area contributed by atoms with Crippen molar-refractivity contribution in [3.63, 3.8) is 0 Å². The van der Waals surface area contributed by atoms with Crippen LogP contribution in [0.4, 0.5) is 45.5 Å². The number of hydrogen-bond acceptors (Lipinski definition) is 12. The number of aromatic nitrogens is 2. The second-order valence-corrected chi connectivity index (χ2v) is 23.8. The highest BCUT2D eigenvalue weighted by Gasteiger charge is 2.31. The van der Waals surface area contributed by atoms with Gasteiger partial charge in [-0.3, -0.25) is 39.4 Å². The van der Waals surface area contributed by atoms with E-state index in [1.165, 1.54) is 18.2 Å². The number of rotatable bonds is 4. The third-order valence-corrected chi connectivity index (χ3v) is 18.9. The Kier molecular flexibility index (Phi) is 11.1. The summed E-state index contributed by atoms with van der Waals surface area (Å²) in [6.07, 6.45) is 0. The molecule has 0 radical (unpaired) electrons. The first-order chi connectivity index (χ1) is 41.8. The summed E-state index contributed by atoms with van der Waals surface area (Å²) in [4.78, 5) is 86.6. The Morgan fingerprint density at radius 3 is 1.62 bits per heavy atom. The van der Waals surface area contributed by atoms with Gasteiger partial charge in [-0.1, -0.05) is 108 Å². The van der Waals surface area contributed by atoms with Crippen molar-refractivity contribution in [1.29, 1.82) is 0 Å². The van der Waals surface area contributed by atoms with Crippen molar-refractivity contribution in [2.24, 2.45) is 0 Å². The van der Waals surface area contributed by atoms with Crippen LogP contribution in [0.25, 0.3) is 87.0 Å². The summed E-state index contributed by atoms with van der Waals surface area (Å²) in [6.45, 7) is 4.12. The van der Waals surface area contributed by atoms with Crippen LogP contribution in [0.5, 0.6) is 0 Å². The maximum Gasteiger partial charge on any atom is 0.282 e. The molecule has 0 saturated heterocycles. The van der Waals surface area contributed by atoms with E-state index in [4.69, 9.17) is 0 Å². The first-order valence-electron chi connectivity index (χ1n) is 27.5. The van der Waals surface area contributed by atoms with Gasteiger partial charge in [0.15, 0.2) is 16.3 Å². The van der Waals surface area contributed by atoms with Crippen molar-refractivity contribution < 1.29 is 9.85 Å². The summed E-state index contributed by atoms with van der Waals surface area (Å²) in [5.41, 5.74) is 9.60. The zero-order valence-electron chi connectivity index (χ0n) is 45.4. The molecular weight excluding hydrogens is 1120 g/mol. The van der Waals surface area contributed by atoms with Crippen LogP contribution in [0.15, 0.2) is 245 Å². The number of nitrogens with zero attached hydrogens (tertiary/aromatic N) is 6. The fourth-order valence-electron chi connectivity index (χ4n) is 12.8. The molecule has 17 rings (SSSR count). The van der Waals surface area contributed by atoms with Gasteiger partial charge in [-0.05, 0) is 139 Å². The van der Waals surface area contributed by atoms with E-state index in [1.807, 2.05) is 64.3 Å². The maximum absolute atomic E-state index is 14.3. The number of pyridine rings is 4. The molecule has 86 heavy (non-hydrogen) atoms. The third kappa shape index (κ3) is 7.42. The number of nitro groups is 2. The van der Waals surface area contributed by atoms with Gasteiger partial charge in [0.05, 0.1) is 71.1 Å². The predicted octanol–water partition coefficient (Wildman–Crippen LogP) is 16.6. The number of aryl methyl sites for hydroxylation is 2. The molecule has 11 aromatic carbocycles. The lowest BCUT2D eigenvalue weighted by Crippen LogP contribution is -2.18. The molecule has 0 N–H and O–H groups in total. The smallest absolute Gasteiger partial charge is 0.282 e. The molecule has 0 unspecified atom stereocenters. The van der Waals surface area contributed by atoms with Gasteiger partial charge in [-0.2, -0.15) is 0 Å². The molecule has 16 heteroatoms. The molecule has 15 aromatic rings. The summed E-state index contributed by atoms with van der Waals surface area (Å²) in [7, 11) is 0. The van der Waals surface area contributed by atoms with E-state index < -0.39 is 15.3 Å². The molecular formula is C70H40N6O8S2. The van der Waals surface area contributed by atoms with E-state index in [2.05, 4.69) is 102 Å². The average Bonchev–Trinajstić information content (AvgIpc) is 1.61. The summed E-state index contributed by atoms with van der Waals surface area (Å²) in [6, 6.07) is 64.4. The summed E-state index contributed by atoms with van der Waals surface area (Å²) >= 11 is 3.24. The van der Waals surface area contributed by atoms with Crippen molar-refractivity contribution in [1.82, 2.24) is 8.80 Å². The van der Waals surface area contributed by atoms with Gasteiger partial charge in [0.2, 0.25) is 5.43 Å². The normalized spacial score (nSPS) is 12.8. The van der Waals surface area contributed by atoms with Gasteiger partial charge in [-0.25, -0.2) is 0 Å². The van der Waals surface area contributed by atoms with Gasteiger partial charge in [0.1, 0.15) is 5.39 Å².